The third-order valence-corrected chi connectivity index (χ3v) is 2.28. The van der Waals surface area contributed by atoms with E-state index in [1.165, 1.54) is 0 Å². The van der Waals surface area contributed by atoms with Crippen LogP contribution in [0.3, 0.4) is 0 Å². The molecular weight excluding hydrogens is 194 g/mol. The second-order valence-corrected chi connectivity index (χ2v) is 3.59. The molecule has 0 bridgehead atoms. The lowest BCUT2D eigenvalue weighted by Crippen LogP contribution is -2.31. The molecule has 82 valence electrons. The van der Waals surface area contributed by atoms with Gasteiger partial charge in [-0.2, -0.15) is 5.10 Å². The van der Waals surface area contributed by atoms with E-state index >= 15 is 0 Å². The van der Waals surface area contributed by atoms with Crippen molar-refractivity contribution in [3.8, 4) is 0 Å². The Balaban J connectivity index is 2.71. The molecule has 0 saturated carbocycles. The maximum atomic E-state index is 10.5. The van der Waals surface area contributed by atoms with Crippen LogP contribution in [-0.4, -0.2) is 34.4 Å². The molecule has 0 aliphatic rings. The highest BCUT2D eigenvalue weighted by molar-refractivity contribution is 5.68. The highest BCUT2D eigenvalue weighted by Crippen LogP contribution is 2.12. The van der Waals surface area contributed by atoms with Crippen molar-refractivity contribution in [3.05, 3.63) is 17.8 Å². The molecule has 5 heteroatoms. The quantitative estimate of drug-likeness (QED) is 0.803. The summed E-state index contributed by atoms with van der Waals surface area (Å²) in [5, 5.41) is 16.6. The molecule has 1 aromatic rings. The molecule has 0 aliphatic carbocycles. The predicted octanol–water partition coefficient (Wildman–Crippen LogP) is 1.08. The number of anilines is 1. The van der Waals surface area contributed by atoms with E-state index in [-0.39, 0.29) is 12.5 Å². The van der Waals surface area contributed by atoms with E-state index in [9.17, 15) is 4.79 Å². The lowest BCUT2D eigenvalue weighted by atomic mass is 10.2. The third-order valence-electron chi connectivity index (χ3n) is 2.28. The van der Waals surface area contributed by atoms with Crippen molar-refractivity contribution >= 4 is 11.8 Å². The number of hydrogen-bond donors (Lipinski definition) is 1. The number of carboxylic acids is 1. The van der Waals surface area contributed by atoms with Crippen LogP contribution in [0.2, 0.25) is 0 Å². The van der Waals surface area contributed by atoms with Crippen LogP contribution in [0.4, 0.5) is 5.82 Å². The van der Waals surface area contributed by atoms with Gasteiger partial charge in [-0.05, 0) is 26.0 Å². The maximum absolute atomic E-state index is 10.5. The molecule has 1 atom stereocenters. The smallest absolute Gasteiger partial charge is 0.305 e. The fraction of sp³-hybridized carbons (Fsp3) is 0.500. The van der Waals surface area contributed by atoms with E-state index in [4.69, 9.17) is 5.11 Å². The number of carboxylic acid groups (broad SMARTS) is 1. The van der Waals surface area contributed by atoms with Crippen molar-refractivity contribution in [3.63, 3.8) is 0 Å². The van der Waals surface area contributed by atoms with Gasteiger partial charge in [0, 0.05) is 13.1 Å². The number of nitrogens with zero attached hydrogens (tertiary/aromatic N) is 3. The summed E-state index contributed by atoms with van der Waals surface area (Å²) in [7, 11) is 1.81. The van der Waals surface area contributed by atoms with Crippen LogP contribution in [0.25, 0.3) is 0 Å². The van der Waals surface area contributed by atoms with Crippen LogP contribution in [-0.2, 0) is 4.79 Å². The lowest BCUT2D eigenvalue weighted by Gasteiger charge is -2.23. The minimum atomic E-state index is -0.811. The van der Waals surface area contributed by atoms with E-state index < -0.39 is 5.97 Å². The van der Waals surface area contributed by atoms with Crippen molar-refractivity contribution in [1.29, 1.82) is 0 Å². The summed E-state index contributed by atoms with van der Waals surface area (Å²) in [5.74, 6) is -0.122. The molecule has 1 unspecified atom stereocenters. The Kier molecular flexibility index (Phi) is 3.60. The molecule has 0 fully saturated rings. The summed E-state index contributed by atoms with van der Waals surface area (Å²) in [6, 6.07) is 3.59. The van der Waals surface area contributed by atoms with Crippen LogP contribution in [0.15, 0.2) is 12.1 Å². The first-order chi connectivity index (χ1) is 7.00. The van der Waals surface area contributed by atoms with Gasteiger partial charge >= 0.3 is 5.97 Å². The predicted molar refractivity (Wildman–Crippen MR) is 56.9 cm³/mol. The summed E-state index contributed by atoms with van der Waals surface area (Å²) in [6.07, 6.45) is 0.0893. The number of aliphatic carboxylic acids is 1. The Labute approximate surface area is 88.7 Å². The topological polar surface area (TPSA) is 66.3 Å². The van der Waals surface area contributed by atoms with Gasteiger partial charge in [-0.15, -0.1) is 5.10 Å². The molecule has 1 heterocycles. The number of rotatable bonds is 4. The molecule has 0 amide bonds. The second kappa shape index (κ2) is 4.72. The summed E-state index contributed by atoms with van der Waals surface area (Å²) >= 11 is 0. The highest BCUT2D eigenvalue weighted by atomic mass is 16.4. The lowest BCUT2D eigenvalue weighted by molar-refractivity contribution is -0.137. The molecule has 1 aromatic heterocycles. The number of hydrogen-bond acceptors (Lipinski definition) is 4. The van der Waals surface area contributed by atoms with E-state index in [1.54, 1.807) is 4.90 Å². The molecule has 0 radical (unpaired) electrons. The standard InChI is InChI=1S/C10H15N3O2/c1-7-4-5-9(12-11-7)13(3)8(2)6-10(14)15/h4-5,8H,6H2,1-3H3,(H,14,15). The van der Waals surface area contributed by atoms with Crippen LogP contribution in [0.5, 0.6) is 0 Å². The minimum Gasteiger partial charge on any atom is -0.481 e. The Hall–Kier alpha value is -1.65. The Bertz CT molecular complexity index is 337. The molecular formula is C10H15N3O2. The molecule has 0 saturated heterocycles. The minimum absolute atomic E-state index is 0.0893. The average Bonchev–Trinajstić information content (AvgIpc) is 2.17. The molecule has 1 N–H and O–H groups in total. The van der Waals surface area contributed by atoms with Gasteiger partial charge in [0.2, 0.25) is 0 Å². The molecule has 0 spiro atoms. The summed E-state index contributed by atoms with van der Waals surface area (Å²) < 4.78 is 0. The highest BCUT2D eigenvalue weighted by Gasteiger charge is 2.14. The van der Waals surface area contributed by atoms with Crippen molar-refractivity contribution in [1.82, 2.24) is 10.2 Å². The zero-order chi connectivity index (χ0) is 11.4. The Morgan fingerprint density at radius 3 is 2.67 bits per heavy atom. The summed E-state index contributed by atoms with van der Waals surface area (Å²) in [4.78, 5) is 12.3. The van der Waals surface area contributed by atoms with Gasteiger partial charge in [0.05, 0.1) is 12.1 Å². The van der Waals surface area contributed by atoms with E-state index in [0.717, 1.165) is 5.69 Å². The maximum Gasteiger partial charge on any atom is 0.305 e. The average molecular weight is 209 g/mol. The van der Waals surface area contributed by atoms with Gasteiger partial charge in [-0.1, -0.05) is 0 Å². The van der Waals surface area contributed by atoms with Crippen LogP contribution < -0.4 is 4.90 Å². The number of aromatic nitrogens is 2. The molecule has 1 rings (SSSR count). The summed E-state index contributed by atoms with van der Waals surface area (Å²) in [5.41, 5.74) is 0.845. The molecule has 15 heavy (non-hydrogen) atoms. The monoisotopic (exact) mass is 209 g/mol. The van der Waals surface area contributed by atoms with Gasteiger partial charge in [0.15, 0.2) is 5.82 Å². The first kappa shape index (κ1) is 11.4. The third kappa shape index (κ3) is 3.19. The van der Waals surface area contributed by atoms with E-state index in [2.05, 4.69) is 10.2 Å². The van der Waals surface area contributed by atoms with Gasteiger partial charge < -0.3 is 10.0 Å². The van der Waals surface area contributed by atoms with Crippen molar-refractivity contribution in [2.45, 2.75) is 26.3 Å². The second-order valence-electron chi connectivity index (χ2n) is 3.59. The molecule has 0 aromatic carbocycles. The van der Waals surface area contributed by atoms with E-state index in [0.29, 0.717) is 5.82 Å². The number of carbonyl (C=O) groups is 1. The Morgan fingerprint density at radius 2 is 2.20 bits per heavy atom. The SMILES string of the molecule is Cc1ccc(N(C)C(C)CC(=O)O)nn1. The Morgan fingerprint density at radius 1 is 1.53 bits per heavy atom. The fourth-order valence-corrected chi connectivity index (χ4v) is 1.20. The zero-order valence-electron chi connectivity index (χ0n) is 9.14. The fourth-order valence-electron chi connectivity index (χ4n) is 1.20. The van der Waals surface area contributed by atoms with Crippen LogP contribution >= 0.6 is 0 Å². The van der Waals surface area contributed by atoms with Gasteiger partial charge in [-0.25, -0.2) is 0 Å². The molecule has 5 nitrogen and oxygen atoms in total. The van der Waals surface area contributed by atoms with Crippen LogP contribution in [0.1, 0.15) is 19.0 Å². The first-order valence-electron chi connectivity index (χ1n) is 4.75. The van der Waals surface area contributed by atoms with Gasteiger partial charge in [0.25, 0.3) is 0 Å². The summed E-state index contributed by atoms with van der Waals surface area (Å²) in [6.45, 7) is 3.70. The largest absolute Gasteiger partial charge is 0.481 e. The number of aryl methyl sites for hydroxylation is 1. The van der Waals surface area contributed by atoms with Crippen molar-refractivity contribution in [2.75, 3.05) is 11.9 Å². The van der Waals surface area contributed by atoms with Crippen LogP contribution in [0, 0.1) is 6.92 Å². The van der Waals surface area contributed by atoms with Crippen molar-refractivity contribution < 1.29 is 9.90 Å². The zero-order valence-corrected chi connectivity index (χ0v) is 9.14. The van der Waals surface area contributed by atoms with Gasteiger partial charge in [0.1, 0.15) is 0 Å². The molecule has 0 aliphatic heterocycles. The van der Waals surface area contributed by atoms with E-state index in [1.807, 2.05) is 33.0 Å². The first-order valence-corrected chi connectivity index (χ1v) is 4.75. The normalized spacial score (nSPS) is 12.2. The van der Waals surface area contributed by atoms with Gasteiger partial charge in [-0.3, -0.25) is 4.79 Å². The van der Waals surface area contributed by atoms with Crippen molar-refractivity contribution in [2.24, 2.45) is 0 Å².